The molecule has 4 heteroatoms. The van der Waals surface area contributed by atoms with Crippen molar-refractivity contribution in [2.24, 2.45) is 0 Å². The van der Waals surface area contributed by atoms with Crippen molar-refractivity contribution in [1.29, 1.82) is 0 Å². The summed E-state index contributed by atoms with van der Waals surface area (Å²) in [5, 5.41) is 0. The Labute approximate surface area is 147 Å². The number of benzene rings is 2. The first-order valence-electron chi connectivity index (χ1n) is 8.46. The highest BCUT2D eigenvalue weighted by Crippen LogP contribution is 2.53. The molecule has 0 aromatic heterocycles. The van der Waals surface area contributed by atoms with Crippen LogP contribution in [0.4, 0.5) is 11.4 Å². The molecule has 3 nitrogen and oxygen atoms in total. The van der Waals surface area contributed by atoms with Crippen molar-refractivity contribution in [2.75, 3.05) is 16.7 Å². The van der Waals surface area contributed by atoms with Gasteiger partial charge in [-0.2, -0.15) is 0 Å². The molecule has 1 aliphatic carbocycles. The number of nitrogens with one attached hydrogen (secondary N) is 1. The molecular weight excluding hydrogens is 316 g/mol. The first-order valence-corrected chi connectivity index (χ1v) is 9.45. The van der Waals surface area contributed by atoms with E-state index >= 15 is 0 Å². The van der Waals surface area contributed by atoms with Gasteiger partial charge in [0.25, 0.3) is 0 Å². The van der Waals surface area contributed by atoms with Gasteiger partial charge in [-0.3, -0.25) is 4.79 Å². The van der Waals surface area contributed by atoms with E-state index in [-0.39, 0.29) is 11.3 Å². The number of aryl methyl sites for hydroxylation is 1. The maximum atomic E-state index is 12.6. The molecule has 0 atom stereocenters. The summed E-state index contributed by atoms with van der Waals surface area (Å²) >= 11 is 1.69. The molecule has 1 saturated carbocycles. The molecule has 2 aromatic carbocycles. The molecule has 0 radical (unpaired) electrons. The van der Waals surface area contributed by atoms with Crippen LogP contribution in [0.25, 0.3) is 0 Å². The SMILES string of the molecule is Cc1ccc(CSNc2ccc3c(c2)C2(CCC2)C(=O)N3C)cc1. The van der Waals surface area contributed by atoms with E-state index in [1.54, 1.807) is 11.9 Å². The molecule has 0 bridgehead atoms. The van der Waals surface area contributed by atoms with Crippen LogP contribution >= 0.6 is 11.9 Å². The summed E-state index contributed by atoms with van der Waals surface area (Å²) < 4.78 is 3.44. The monoisotopic (exact) mass is 338 g/mol. The molecular formula is C20H22N2OS. The predicted octanol–water partition coefficient (Wildman–Crippen LogP) is 4.65. The maximum Gasteiger partial charge on any atom is 0.237 e. The van der Waals surface area contributed by atoms with Gasteiger partial charge < -0.3 is 9.62 Å². The van der Waals surface area contributed by atoms with Crippen LogP contribution in [0.3, 0.4) is 0 Å². The highest BCUT2D eigenvalue weighted by molar-refractivity contribution is 7.99. The number of carbonyl (C=O) groups is 1. The Hall–Kier alpha value is -1.94. The molecule has 1 fully saturated rings. The lowest BCUT2D eigenvalue weighted by Crippen LogP contribution is -2.43. The third-order valence-corrected chi connectivity index (χ3v) is 6.20. The van der Waals surface area contributed by atoms with E-state index in [0.29, 0.717) is 0 Å². The van der Waals surface area contributed by atoms with Crippen LogP contribution in [0.15, 0.2) is 42.5 Å². The molecule has 124 valence electrons. The Morgan fingerprint density at radius 1 is 1.17 bits per heavy atom. The second-order valence-corrected chi connectivity index (χ2v) is 7.69. The lowest BCUT2D eigenvalue weighted by molar-refractivity contribution is -0.125. The normalized spacial score (nSPS) is 17.8. The fraction of sp³-hybridized carbons (Fsp3) is 0.350. The summed E-state index contributed by atoms with van der Waals surface area (Å²) in [6.07, 6.45) is 3.13. The first-order chi connectivity index (χ1) is 11.6. The molecule has 2 aromatic rings. The van der Waals surface area contributed by atoms with Crippen LogP contribution in [0.1, 0.15) is 36.0 Å². The number of fused-ring (bicyclic) bond motifs is 2. The summed E-state index contributed by atoms with van der Waals surface area (Å²) in [6, 6.07) is 15.0. The van der Waals surface area contributed by atoms with Crippen LogP contribution in [-0.4, -0.2) is 13.0 Å². The molecule has 1 aliphatic heterocycles. The molecule has 1 N–H and O–H groups in total. The zero-order valence-electron chi connectivity index (χ0n) is 14.1. The molecule has 1 amide bonds. The third kappa shape index (κ3) is 2.40. The Bertz CT molecular complexity index is 781. The molecule has 1 spiro atoms. The van der Waals surface area contributed by atoms with E-state index in [1.165, 1.54) is 16.7 Å². The van der Waals surface area contributed by atoms with E-state index in [4.69, 9.17) is 0 Å². The fourth-order valence-corrected chi connectivity index (χ4v) is 4.45. The summed E-state index contributed by atoms with van der Waals surface area (Å²) in [6.45, 7) is 2.11. The Balaban J connectivity index is 1.48. The Morgan fingerprint density at radius 2 is 1.92 bits per heavy atom. The van der Waals surface area contributed by atoms with Crippen LogP contribution < -0.4 is 9.62 Å². The number of nitrogens with zero attached hydrogens (tertiary/aromatic N) is 1. The number of anilines is 2. The van der Waals surface area contributed by atoms with Gasteiger partial charge in [0.1, 0.15) is 0 Å². The molecule has 24 heavy (non-hydrogen) atoms. The van der Waals surface area contributed by atoms with Gasteiger partial charge in [-0.15, -0.1) is 0 Å². The van der Waals surface area contributed by atoms with Gasteiger partial charge in [-0.1, -0.05) is 36.2 Å². The standard InChI is InChI=1S/C20H22N2OS/c1-14-4-6-15(7-5-14)13-24-21-16-8-9-18-17(12-16)20(10-3-11-20)19(23)22(18)2/h4-9,12,21H,3,10-11,13H2,1-2H3. The van der Waals surface area contributed by atoms with Crippen molar-refractivity contribution >= 4 is 29.2 Å². The van der Waals surface area contributed by atoms with Crippen molar-refractivity contribution in [1.82, 2.24) is 0 Å². The topological polar surface area (TPSA) is 32.3 Å². The van der Waals surface area contributed by atoms with E-state index < -0.39 is 0 Å². The molecule has 2 aliphatic rings. The number of rotatable bonds is 4. The lowest BCUT2D eigenvalue weighted by atomic mass is 9.65. The number of hydrogen-bond acceptors (Lipinski definition) is 3. The van der Waals surface area contributed by atoms with E-state index in [1.807, 2.05) is 11.9 Å². The second kappa shape index (κ2) is 5.85. The Morgan fingerprint density at radius 3 is 2.58 bits per heavy atom. The molecule has 0 unspecified atom stereocenters. The number of carbonyl (C=O) groups excluding carboxylic acids is 1. The van der Waals surface area contributed by atoms with Gasteiger partial charge in [0.15, 0.2) is 0 Å². The Kier molecular flexibility index (Phi) is 3.80. The number of likely N-dealkylation sites (N-methyl/N-ethyl adjacent to an activating group) is 1. The van der Waals surface area contributed by atoms with Crippen molar-refractivity contribution in [2.45, 2.75) is 37.4 Å². The van der Waals surface area contributed by atoms with Gasteiger partial charge in [0.05, 0.1) is 5.41 Å². The third-order valence-electron chi connectivity index (χ3n) is 5.34. The van der Waals surface area contributed by atoms with Gasteiger partial charge in [0, 0.05) is 24.2 Å². The van der Waals surface area contributed by atoms with Crippen LogP contribution in [0.5, 0.6) is 0 Å². The number of hydrogen-bond donors (Lipinski definition) is 1. The lowest BCUT2D eigenvalue weighted by Gasteiger charge is -2.36. The first kappa shape index (κ1) is 15.6. The van der Waals surface area contributed by atoms with Gasteiger partial charge in [-0.05, 0) is 61.0 Å². The maximum absolute atomic E-state index is 12.6. The molecule has 4 rings (SSSR count). The summed E-state index contributed by atoms with van der Waals surface area (Å²) in [5.41, 5.74) is 5.74. The van der Waals surface area contributed by atoms with E-state index in [0.717, 1.165) is 36.4 Å². The fourth-order valence-electron chi connectivity index (χ4n) is 3.72. The van der Waals surface area contributed by atoms with Crippen LogP contribution in [0.2, 0.25) is 0 Å². The zero-order chi connectivity index (χ0) is 16.7. The smallest absolute Gasteiger partial charge is 0.237 e. The van der Waals surface area contributed by atoms with Crippen molar-refractivity contribution < 1.29 is 4.79 Å². The predicted molar refractivity (Wildman–Crippen MR) is 101 cm³/mol. The average Bonchev–Trinajstić information content (AvgIpc) is 2.77. The quantitative estimate of drug-likeness (QED) is 0.823. The van der Waals surface area contributed by atoms with Gasteiger partial charge in [-0.25, -0.2) is 0 Å². The largest absolute Gasteiger partial charge is 0.329 e. The summed E-state index contributed by atoms with van der Waals surface area (Å²) in [7, 11) is 1.90. The van der Waals surface area contributed by atoms with Crippen molar-refractivity contribution in [3.05, 3.63) is 59.2 Å². The minimum atomic E-state index is -0.233. The van der Waals surface area contributed by atoms with Crippen LogP contribution in [-0.2, 0) is 16.0 Å². The van der Waals surface area contributed by atoms with Crippen molar-refractivity contribution in [3.8, 4) is 0 Å². The van der Waals surface area contributed by atoms with E-state index in [2.05, 4.69) is 54.1 Å². The van der Waals surface area contributed by atoms with Crippen LogP contribution in [0, 0.1) is 6.92 Å². The van der Waals surface area contributed by atoms with Gasteiger partial charge >= 0.3 is 0 Å². The van der Waals surface area contributed by atoms with Gasteiger partial charge in [0.2, 0.25) is 5.91 Å². The van der Waals surface area contributed by atoms with E-state index in [9.17, 15) is 4.79 Å². The van der Waals surface area contributed by atoms with Crippen molar-refractivity contribution in [3.63, 3.8) is 0 Å². The summed E-state index contributed by atoms with van der Waals surface area (Å²) in [4.78, 5) is 14.4. The molecule has 0 saturated heterocycles. The highest BCUT2D eigenvalue weighted by atomic mass is 32.2. The minimum Gasteiger partial charge on any atom is -0.329 e. The minimum absolute atomic E-state index is 0.233. The number of amides is 1. The second-order valence-electron chi connectivity index (χ2n) is 6.91. The average molecular weight is 338 g/mol. The summed E-state index contributed by atoms with van der Waals surface area (Å²) in [5.74, 6) is 1.19. The highest BCUT2D eigenvalue weighted by Gasteiger charge is 2.53. The zero-order valence-corrected chi connectivity index (χ0v) is 15.0. The molecule has 1 heterocycles.